The summed E-state index contributed by atoms with van der Waals surface area (Å²) in [5.74, 6) is -0.472. The topological polar surface area (TPSA) is 71.8 Å². The molecule has 0 radical (unpaired) electrons. The van der Waals surface area contributed by atoms with E-state index >= 15 is 0 Å². The predicted molar refractivity (Wildman–Crippen MR) is 45.0 cm³/mol. The van der Waals surface area contributed by atoms with Gasteiger partial charge in [-0.05, 0) is 6.07 Å². The lowest BCUT2D eigenvalue weighted by Gasteiger charge is -1.98. The lowest BCUT2D eigenvalue weighted by molar-refractivity contribution is 0.0600. The zero-order valence-corrected chi connectivity index (χ0v) is 6.97. The number of hydrogen-bond acceptors (Lipinski definition) is 5. The molecule has 0 aliphatic heterocycles. The minimum atomic E-state index is -0.472. The maximum atomic E-state index is 11.0. The zero-order valence-electron chi connectivity index (χ0n) is 6.97. The molecule has 1 rings (SSSR count). The van der Waals surface area contributed by atoms with E-state index in [9.17, 15) is 4.79 Å². The van der Waals surface area contributed by atoms with Gasteiger partial charge in [0.25, 0.3) is 0 Å². The molecule has 0 unspecified atom stereocenters. The first kappa shape index (κ1) is 9.18. The Bertz CT molecular complexity index is 336. The van der Waals surface area contributed by atoms with Crippen LogP contribution in [0.1, 0.15) is 15.9 Å². The highest BCUT2D eigenvalue weighted by Crippen LogP contribution is 2.01. The molecular formula is C8H8N2O3. The third-order valence-corrected chi connectivity index (χ3v) is 1.39. The van der Waals surface area contributed by atoms with Crippen LogP contribution in [-0.2, 0) is 4.74 Å². The monoisotopic (exact) mass is 180 g/mol. The first-order valence-electron chi connectivity index (χ1n) is 3.48. The Morgan fingerprint density at radius 3 is 3.08 bits per heavy atom. The Balaban J connectivity index is 2.98. The number of esters is 1. The molecule has 0 aromatic carbocycles. The maximum absolute atomic E-state index is 11.0. The lowest BCUT2D eigenvalue weighted by atomic mass is 10.2. The minimum absolute atomic E-state index is 0.319. The first-order chi connectivity index (χ1) is 6.27. The molecule has 5 heteroatoms. The number of oxime groups is 1. The molecule has 1 aromatic heterocycles. The van der Waals surface area contributed by atoms with Crippen molar-refractivity contribution in [1.82, 2.24) is 4.98 Å². The molecule has 1 aromatic rings. The van der Waals surface area contributed by atoms with Crippen molar-refractivity contribution in [2.45, 2.75) is 0 Å². The Labute approximate surface area is 74.7 Å². The third-order valence-electron chi connectivity index (χ3n) is 1.39. The normalized spacial score (nSPS) is 10.2. The van der Waals surface area contributed by atoms with E-state index in [1.807, 2.05) is 0 Å². The van der Waals surface area contributed by atoms with Crippen LogP contribution >= 0.6 is 0 Å². The first-order valence-corrected chi connectivity index (χ1v) is 3.48. The van der Waals surface area contributed by atoms with Crippen LogP contribution in [0.2, 0.25) is 0 Å². The fourth-order valence-electron chi connectivity index (χ4n) is 0.824. The Kier molecular flexibility index (Phi) is 2.97. The van der Waals surface area contributed by atoms with Gasteiger partial charge in [-0.25, -0.2) is 4.79 Å². The van der Waals surface area contributed by atoms with E-state index in [1.54, 1.807) is 0 Å². The van der Waals surface area contributed by atoms with E-state index < -0.39 is 5.97 Å². The predicted octanol–water partition coefficient (Wildman–Crippen LogP) is 0.676. The fraction of sp³-hybridized carbons (Fsp3) is 0.125. The summed E-state index contributed by atoms with van der Waals surface area (Å²) in [6.07, 6.45) is 4.02. The van der Waals surface area contributed by atoms with Crippen molar-refractivity contribution in [1.29, 1.82) is 0 Å². The van der Waals surface area contributed by atoms with Gasteiger partial charge >= 0.3 is 5.97 Å². The zero-order chi connectivity index (χ0) is 9.68. The van der Waals surface area contributed by atoms with Gasteiger partial charge in [0.2, 0.25) is 0 Å². The van der Waals surface area contributed by atoms with Gasteiger partial charge < -0.3 is 9.94 Å². The summed E-state index contributed by atoms with van der Waals surface area (Å²) in [7, 11) is 1.29. The van der Waals surface area contributed by atoms with Crippen molar-refractivity contribution in [2.75, 3.05) is 7.11 Å². The van der Waals surface area contributed by atoms with E-state index in [0.29, 0.717) is 11.1 Å². The average molecular weight is 180 g/mol. The van der Waals surface area contributed by atoms with Crippen LogP contribution in [0.3, 0.4) is 0 Å². The van der Waals surface area contributed by atoms with Crippen molar-refractivity contribution >= 4 is 12.2 Å². The molecule has 0 atom stereocenters. The van der Waals surface area contributed by atoms with Gasteiger partial charge in [-0.2, -0.15) is 0 Å². The van der Waals surface area contributed by atoms with Gasteiger partial charge in [-0.3, -0.25) is 4.98 Å². The minimum Gasteiger partial charge on any atom is -0.465 e. The van der Waals surface area contributed by atoms with Crippen LogP contribution in [0, 0.1) is 0 Å². The molecule has 0 amide bonds. The van der Waals surface area contributed by atoms with Gasteiger partial charge in [0, 0.05) is 18.0 Å². The summed E-state index contributed by atoms with van der Waals surface area (Å²) in [6, 6.07) is 1.51. The van der Waals surface area contributed by atoms with E-state index in [1.165, 1.54) is 31.8 Å². The number of aromatic nitrogens is 1. The summed E-state index contributed by atoms with van der Waals surface area (Å²) in [6.45, 7) is 0. The van der Waals surface area contributed by atoms with Crippen LogP contribution in [0.25, 0.3) is 0 Å². The van der Waals surface area contributed by atoms with Crippen molar-refractivity contribution in [2.24, 2.45) is 5.16 Å². The Hall–Kier alpha value is -1.91. The number of pyridine rings is 1. The molecule has 13 heavy (non-hydrogen) atoms. The summed E-state index contributed by atoms with van der Waals surface area (Å²) in [5.41, 5.74) is 0.852. The number of carbonyl (C=O) groups is 1. The standard InChI is InChI=1S/C8H8N2O3/c1-13-8(11)7-2-6(4-10-12)3-9-5-7/h2-5,12H,1H3/b10-4+. The number of methoxy groups -OCH3 is 1. The molecule has 0 fully saturated rings. The van der Waals surface area contributed by atoms with Gasteiger partial charge in [-0.15, -0.1) is 0 Å². The van der Waals surface area contributed by atoms with Crippen molar-refractivity contribution in [3.8, 4) is 0 Å². The van der Waals surface area contributed by atoms with Crippen LogP contribution in [0.15, 0.2) is 23.6 Å². The van der Waals surface area contributed by atoms with Crippen molar-refractivity contribution in [3.05, 3.63) is 29.6 Å². The van der Waals surface area contributed by atoms with E-state index in [4.69, 9.17) is 5.21 Å². The fourth-order valence-corrected chi connectivity index (χ4v) is 0.824. The maximum Gasteiger partial charge on any atom is 0.339 e. The van der Waals surface area contributed by atoms with Gasteiger partial charge in [0.15, 0.2) is 0 Å². The highest BCUT2D eigenvalue weighted by Gasteiger charge is 2.04. The SMILES string of the molecule is COC(=O)c1cncc(/C=N/O)c1. The number of carbonyl (C=O) groups excluding carboxylic acids is 1. The van der Waals surface area contributed by atoms with Crippen LogP contribution in [0.5, 0.6) is 0 Å². The van der Waals surface area contributed by atoms with Crippen LogP contribution in [0.4, 0.5) is 0 Å². The smallest absolute Gasteiger partial charge is 0.339 e. The van der Waals surface area contributed by atoms with E-state index in [-0.39, 0.29) is 0 Å². The van der Waals surface area contributed by atoms with Crippen LogP contribution in [-0.4, -0.2) is 29.5 Å². The number of ether oxygens (including phenoxy) is 1. The highest BCUT2D eigenvalue weighted by molar-refractivity contribution is 5.91. The molecule has 0 saturated heterocycles. The van der Waals surface area contributed by atoms with Crippen molar-refractivity contribution < 1.29 is 14.7 Å². The number of rotatable bonds is 2. The molecule has 68 valence electrons. The number of hydrogen-bond donors (Lipinski definition) is 1. The second-order valence-corrected chi connectivity index (χ2v) is 2.24. The molecule has 0 bridgehead atoms. The summed E-state index contributed by atoms with van der Waals surface area (Å²) in [5, 5.41) is 11.0. The van der Waals surface area contributed by atoms with Gasteiger partial charge in [0.1, 0.15) is 0 Å². The average Bonchev–Trinajstić information content (AvgIpc) is 2.18. The molecule has 0 aliphatic rings. The van der Waals surface area contributed by atoms with Crippen molar-refractivity contribution in [3.63, 3.8) is 0 Å². The van der Waals surface area contributed by atoms with Crippen LogP contribution < -0.4 is 0 Å². The van der Waals surface area contributed by atoms with Gasteiger partial charge in [0.05, 0.1) is 18.9 Å². The largest absolute Gasteiger partial charge is 0.465 e. The second kappa shape index (κ2) is 4.20. The summed E-state index contributed by atoms with van der Waals surface area (Å²) < 4.78 is 4.48. The lowest BCUT2D eigenvalue weighted by Crippen LogP contribution is -2.02. The molecule has 0 saturated carbocycles. The Morgan fingerprint density at radius 1 is 1.69 bits per heavy atom. The quantitative estimate of drug-likeness (QED) is 0.314. The third kappa shape index (κ3) is 2.26. The molecule has 1 heterocycles. The number of nitrogens with zero attached hydrogens (tertiary/aromatic N) is 2. The molecule has 0 spiro atoms. The molecular weight excluding hydrogens is 172 g/mol. The summed E-state index contributed by atoms with van der Waals surface area (Å²) >= 11 is 0. The highest BCUT2D eigenvalue weighted by atomic mass is 16.5. The molecule has 5 nitrogen and oxygen atoms in total. The Morgan fingerprint density at radius 2 is 2.46 bits per heavy atom. The second-order valence-electron chi connectivity index (χ2n) is 2.24. The van der Waals surface area contributed by atoms with E-state index in [0.717, 1.165) is 0 Å². The van der Waals surface area contributed by atoms with Gasteiger partial charge in [-0.1, -0.05) is 5.16 Å². The van der Waals surface area contributed by atoms with E-state index in [2.05, 4.69) is 14.9 Å². The summed E-state index contributed by atoms with van der Waals surface area (Å²) in [4.78, 5) is 14.8. The molecule has 0 aliphatic carbocycles. The molecule has 1 N–H and O–H groups in total.